The zero-order chi connectivity index (χ0) is 14.0. The summed E-state index contributed by atoms with van der Waals surface area (Å²) in [6.45, 7) is 7.06. The monoisotopic (exact) mass is 342 g/mol. The Bertz CT molecular complexity index is 582. The lowest BCUT2D eigenvalue weighted by Crippen LogP contribution is -2.19. The maximum absolute atomic E-state index is 6.04. The predicted octanol–water partition coefficient (Wildman–Crippen LogP) is 3.66. The van der Waals surface area contributed by atoms with Crippen LogP contribution in [0.5, 0.6) is 0 Å². The SMILES string of the molecule is CCNC(C)c1nnn(-c2cc(Cl)ccc2Br)c1C. The molecule has 0 aliphatic rings. The number of hydrogen-bond donors (Lipinski definition) is 1. The van der Waals surface area contributed by atoms with Crippen molar-refractivity contribution < 1.29 is 0 Å². The van der Waals surface area contributed by atoms with Crippen molar-refractivity contribution in [1.29, 1.82) is 0 Å². The third-order valence-electron chi connectivity index (χ3n) is 2.99. The Morgan fingerprint density at radius 2 is 2.21 bits per heavy atom. The molecule has 1 aromatic carbocycles. The lowest BCUT2D eigenvalue weighted by atomic mass is 10.2. The quantitative estimate of drug-likeness (QED) is 0.921. The Hall–Kier alpha value is -0.910. The van der Waals surface area contributed by atoms with E-state index in [2.05, 4.69) is 45.4 Å². The van der Waals surface area contributed by atoms with Crippen LogP contribution in [0.25, 0.3) is 5.69 Å². The smallest absolute Gasteiger partial charge is 0.103 e. The molecule has 0 fully saturated rings. The lowest BCUT2D eigenvalue weighted by molar-refractivity contribution is 0.579. The van der Waals surface area contributed by atoms with Gasteiger partial charge in [0.1, 0.15) is 5.69 Å². The first-order valence-electron chi connectivity index (χ1n) is 6.15. The van der Waals surface area contributed by atoms with E-state index >= 15 is 0 Å². The predicted molar refractivity (Wildman–Crippen MR) is 80.9 cm³/mol. The average molecular weight is 344 g/mol. The van der Waals surface area contributed by atoms with Gasteiger partial charge in [0.05, 0.1) is 17.4 Å². The minimum atomic E-state index is 0.178. The van der Waals surface area contributed by atoms with Crippen LogP contribution in [0.1, 0.15) is 31.3 Å². The normalized spacial score (nSPS) is 12.7. The van der Waals surface area contributed by atoms with Gasteiger partial charge in [0.2, 0.25) is 0 Å². The fourth-order valence-corrected chi connectivity index (χ4v) is 2.60. The molecule has 19 heavy (non-hydrogen) atoms. The van der Waals surface area contributed by atoms with Crippen LogP contribution in [-0.4, -0.2) is 21.5 Å². The lowest BCUT2D eigenvalue weighted by Gasteiger charge is -2.11. The molecule has 0 aliphatic carbocycles. The van der Waals surface area contributed by atoms with Gasteiger partial charge in [-0.05, 0) is 54.5 Å². The van der Waals surface area contributed by atoms with Crippen LogP contribution in [0, 0.1) is 6.92 Å². The molecule has 6 heteroatoms. The van der Waals surface area contributed by atoms with Crippen LogP contribution in [0.4, 0.5) is 0 Å². The molecule has 0 bridgehead atoms. The highest BCUT2D eigenvalue weighted by atomic mass is 79.9. The van der Waals surface area contributed by atoms with Gasteiger partial charge in [-0.15, -0.1) is 5.10 Å². The molecule has 4 nitrogen and oxygen atoms in total. The third kappa shape index (κ3) is 2.99. The van der Waals surface area contributed by atoms with Crippen LogP contribution in [-0.2, 0) is 0 Å². The van der Waals surface area contributed by atoms with Crippen molar-refractivity contribution in [1.82, 2.24) is 20.3 Å². The van der Waals surface area contributed by atoms with E-state index in [1.807, 2.05) is 25.1 Å². The first kappa shape index (κ1) is 14.5. The van der Waals surface area contributed by atoms with Gasteiger partial charge in [0.25, 0.3) is 0 Å². The molecular formula is C13H16BrClN4. The van der Waals surface area contributed by atoms with Crippen LogP contribution in [0.2, 0.25) is 5.02 Å². The summed E-state index contributed by atoms with van der Waals surface area (Å²) in [4.78, 5) is 0. The molecule has 0 radical (unpaired) electrons. The largest absolute Gasteiger partial charge is 0.309 e. The minimum Gasteiger partial charge on any atom is -0.309 e. The third-order valence-corrected chi connectivity index (χ3v) is 3.89. The van der Waals surface area contributed by atoms with Crippen molar-refractivity contribution in [3.63, 3.8) is 0 Å². The fraction of sp³-hybridized carbons (Fsp3) is 0.385. The molecule has 0 saturated carbocycles. The topological polar surface area (TPSA) is 42.7 Å². The molecule has 0 amide bonds. The van der Waals surface area contributed by atoms with Crippen molar-refractivity contribution in [2.24, 2.45) is 0 Å². The van der Waals surface area contributed by atoms with Gasteiger partial charge in [-0.1, -0.05) is 23.7 Å². The highest BCUT2D eigenvalue weighted by Crippen LogP contribution is 2.26. The molecule has 1 N–H and O–H groups in total. The first-order valence-corrected chi connectivity index (χ1v) is 7.32. The van der Waals surface area contributed by atoms with Gasteiger partial charge in [-0.25, -0.2) is 4.68 Å². The van der Waals surface area contributed by atoms with E-state index in [1.54, 1.807) is 4.68 Å². The molecule has 1 heterocycles. The van der Waals surface area contributed by atoms with Crippen molar-refractivity contribution >= 4 is 27.5 Å². The number of halogens is 2. The minimum absolute atomic E-state index is 0.178. The summed E-state index contributed by atoms with van der Waals surface area (Å²) >= 11 is 9.56. The second-order valence-electron chi connectivity index (χ2n) is 4.35. The summed E-state index contributed by atoms with van der Waals surface area (Å²) in [5.41, 5.74) is 2.86. The van der Waals surface area contributed by atoms with Gasteiger partial charge in [0, 0.05) is 9.50 Å². The maximum Gasteiger partial charge on any atom is 0.103 e. The Balaban J connectivity index is 2.44. The molecular weight excluding hydrogens is 328 g/mol. The summed E-state index contributed by atoms with van der Waals surface area (Å²) in [7, 11) is 0. The van der Waals surface area contributed by atoms with Gasteiger partial charge in [0.15, 0.2) is 0 Å². The number of rotatable bonds is 4. The van der Waals surface area contributed by atoms with Gasteiger partial charge in [-0.3, -0.25) is 0 Å². The summed E-state index contributed by atoms with van der Waals surface area (Å²) in [5.74, 6) is 0. The second-order valence-corrected chi connectivity index (χ2v) is 5.64. The summed E-state index contributed by atoms with van der Waals surface area (Å²) in [5, 5.41) is 12.5. The molecule has 1 atom stereocenters. The Morgan fingerprint density at radius 3 is 2.89 bits per heavy atom. The van der Waals surface area contributed by atoms with Crippen LogP contribution >= 0.6 is 27.5 Å². The van der Waals surface area contributed by atoms with Crippen molar-refractivity contribution in [2.75, 3.05) is 6.54 Å². The van der Waals surface area contributed by atoms with E-state index in [9.17, 15) is 0 Å². The Labute approximate surface area is 126 Å². The second kappa shape index (κ2) is 6.03. The zero-order valence-corrected chi connectivity index (χ0v) is 13.5. The van der Waals surface area contributed by atoms with Crippen molar-refractivity contribution in [2.45, 2.75) is 26.8 Å². The van der Waals surface area contributed by atoms with E-state index < -0.39 is 0 Å². The standard InChI is InChI=1S/C13H16BrClN4/c1-4-16-8(2)13-9(3)19(18-17-13)12-7-10(15)5-6-11(12)14/h5-8,16H,4H2,1-3H3. The molecule has 102 valence electrons. The molecule has 1 aromatic heterocycles. The highest BCUT2D eigenvalue weighted by Gasteiger charge is 2.16. The van der Waals surface area contributed by atoms with Crippen molar-refractivity contribution in [3.8, 4) is 5.69 Å². The number of benzene rings is 1. The van der Waals surface area contributed by atoms with Gasteiger partial charge < -0.3 is 5.32 Å². The van der Waals surface area contributed by atoms with E-state index in [1.165, 1.54) is 0 Å². The Kier molecular flexibility index (Phi) is 4.60. The molecule has 0 saturated heterocycles. The summed E-state index contributed by atoms with van der Waals surface area (Å²) in [6, 6.07) is 5.79. The molecule has 2 rings (SSSR count). The van der Waals surface area contributed by atoms with E-state index in [-0.39, 0.29) is 6.04 Å². The zero-order valence-electron chi connectivity index (χ0n) is 11.1. The number of hydrogen-bond acceptors (Lipinski definition) is 3. The van der Waals surface area contributed by atoms with Crippen LogP contribution in [0.15, 0.2) is 22.7 Å². The number of aromatic nitrogens is 3. The first-order chi connectivity index (χ1) is 9.04. The summed E-state index contributed by atoms with van der Waals surface area (Å²) < 4.78 is 2.74. The number of nitrogens with one attached hydrogen (secondary N) is 1. The molecule has 0 aliphatic heterocycles. The van der Waals surface area contributed by atoms with Crippen LogP contribution < -0.4 is 5.32 Å². The molecule has 2 aromatic rings. The van der Waals surface area contributed by atoms with E-state index in [0.717, 1.165) is 28.1 Å². The maximum atomic E-state index is 6.04. The summed E-state index contributed by atoms with van der Waals surface area (Å²) in [6.07, 6.45) is 0. The van der Waals surface area contributed by atoms with Crippen molar-refractivity contribution in [3.05, 3.63) is 39.1 Å². The highest BCUT2D eigenvalue weighted by molar-refractivity contribution is 9.10. The number of nitrogens with zero attached hydrogens (tertiary/aromatic N) is 3. The Morgan fingerprint density at radius 1 is 1.47 bits per heavy atom. The van der Waals surface area contributed by atoms with Crippen LogP contribution in [0.3, 0.4) is 0 Å². The average Bonchev–Trinajstić information content (AvgIpc) is 2.74. The van der Waals surface area contributed by atoms with Gasteiger partial charge in [-0.2, -0.15) is 0 Å². The molecule has 0 spiro atoms. The molecule has 1 unspecified atom stereocenters. The van der Waals surface area contributed by atoms with E-state index in [4.69, 9.17) is 11.6 Å². The van der Waals surface area contributed by atoms with E-state index in [0.29, 0.717) is 5.02 Å². The van der Waals surface area contributed by atoms with Gasteiger partial charge >= 0.3 is 0 Å². The fourth-order valence-electron chi connectivity index (χ4n) is 2.02.